The van der Waals surface area contributed by atoms with E-state index in [4.69, 9.17) is 10.6 Å². The van der Waals surface area contributed by atoms with Gasteiger partial charge in [-0.15, -0.1) is 34.4 Å². The first-order chi connectivity index (χ1) is 16.3. The number of carbonyl (C=O) groups excluding carboxylic acids is 3. The minimum atomic E-state index is -1.46. The Morgan fingerprint density at radius 1 is 1.40 bits per heavy atom. The number of hydrogen-bond acceptors (Lipinski definition) is 12. The van der Waals surface area contributed by atoms with Crippen molar-refractivity contribution in [3.63, 3.8) is 0 Å². The number of fused-ring (bicyclic) bond motifs is 1. The van der Waals surface area contributed by atoms with Crippen molar-refractivity contribution >= 4 is 69.1 Å². The molecule has 2 atom stereocenters. The Morgan fingerprint density at radius 2 is 2.17 bits per heavy atom. The number of nitrogen functional groups attached to an aromatic ring is 1. The number of rotatable bonds is 8. The molecule has 4 rings (SSSR count). The van der Waals surface area contributed by atoms with Crippen molar-refractivity contribution in [1.29, 1.82) is 0 Å². The number of anilines is 1. The predicted molar refractivity (Wildman–Crippen MR) is 128 cm³/mol. The number of nitrogens with zero attached hydrogens (tertiary/aromatic N) is 4. The van der Waals surface area contributed by atoms with Crippen molar-refractivity contribution in [2.75, 3.05) is 18.1 Å². The van der Waals surface area contributed by atoms with Gasteiger partial charge in [0.15, 0.2) is 10.8 Å². The van der Waals surface area contributed by atoms with Crippen LogP contribution in [0.4, 0.5) is 5.13 Å². The van der Waals surface area contributed by atoms with Gasteiger partial charge in [-0.05, 0) is 25.5 Å². The van der Waals surface area contributed by atoms with E-state index in [0.29, 0.717) is 11.3 Å². The Morgan fingerprint density at radius 3 is 2.77 bits per heavy atom. The van der Waals surface area contributed by atoms with E-state index in [2.05, 4.69) is 20.4 Å². The monoisotopic (exact) mass is 542 g/mol. The van der Waals surface area contributed by atoms with E-state index in [9.17, 15) is 19.5 Å². The fourth-order valence-electron chi connectivity index (χ4n) is 3.35. The molecule has 2 aliphatic heterocycles. The van der Waals surface area contributed by atoms with Crippen molar-refractivity contribution in [2.45, 2.75) is 25.3 Å². The van der Waals surface area contributed by atoms with Crippen LogP contribution < -0.4 is 45.7 Å². The number of β-lactam (4-membered cyclic amide) rings is 1. The molecular formula is C20H19N6NaO5S3. The van der Waals surface area contributed by atoms with Gasteiger partial charge in [-0.1, -0.05) is 11.2 Å². The zero-order valence-corrected chi connectivity index (χ0v) is 23.5. The standard InChI is InChI=1S/C20H20N6O5S3.Na/c1-3-31-25-13(11-7-33-20(21)23-11)16(27)24-14-17(28)26-15(19(29)30)10(6-32-18(14)26)4-5-12-9(2)22-8-34-12;/h4-5,7-8,14,18H,3,6H2,1-2H3,(H2,21,23)(H,24,27)(H,29,30);/q;+1/p-1/t14?,18-;/m1./s1. The summed E-state index contributed by atoms with van der Waals surface area (Å²) >= 11 is 3.90. The smallest absolute Gasteiger partial charge is 0.543 e. The molecule has 2 amide bonds. The van der Waals surface area contributed by atoms with Crippen molar-refractivity contribution in [3.05, 3.63) is 44.5 Å². The van der Waals surface area contributed by atoms with Crippen molar-refractivity contribution in [1.82, 2.24) is 20.2 Å². The molecule has 11 nitrogen and oxygen atoms in total. The van der Waals surface area contributed by atoms with Crippen LogP contribution in [-0.2, 0) is 19.2 Å². The number of amides is 2. The van der Waals surface area contributed by atoms with E-state index in [1.807, 2.05) is 6.92 Å². The van der Waals surface area contributed by atoms with Crippen LogP contribution in [0.5, 0.6) is 0 Å². The van der Waals surface area contributed by atoms with Gasteiger partial charge in [-0.2, -0.15) is 0 Å². The molecule has 178 valence electrons. The van der Waals surface area contributed by atoms with Crippen molar-refractivity contribution in [2.24, 2.45) is 5.16 Å². The summed E-state index contributed by atoms with van der Waals surface area (Å²) in [6.45, 7) is 3.78. The van der Waals surface area contributed by atoms with Gasteiger partial charge >= 0.3 is 29.6 Å². The van der Waals surface area contributed by atoms with E-state index in [1.54, 1.807) is 30.0 Å². The minimum absolute atomic E-state index is 0. The van der Waals surface area contributed by atoms with Crippen LogP contribution >= 0.6 is 34.4 Å². The molecule has 0 spiro atoms. The van der Waals surface area contributed by atoms with Crippen LogP contribution in [0.15, 0.2) is 33.4 Å². The average Bonchev–Trinajstić information content (AvgIpc) is 3.43. The summed E-state index contributed by atoms with van der Waals surface area (Å²) in [5, 5.41) is 19.6. The Labute approximate surface area is 234 Å². The largest absolute Gasteiger partial charge is 1.00 e. The molecule has 1 unspecified atom stereocenters. The van der Waals surface area contributed by atoms with Crippen LogP contribution in [-0.4, -0.2) is 62.1 Å². The first-order valence-electron chi connectivity index (χ1n) is 10.0. The molecule has 2 aliphatic rings. The Balaban J connectivity index is 0.00000342. The number of thiazole rings is 2. The quantitative estimate of drug-likeness (QED) is 0.157. The molecule has 0 saturated carbocycles. The van der Waals surface area contributed by atoms with E-state index < -0.39 is 29.2 Å². The molecule has 0 bridgehead atoms. The number of hydrogen-bond donors (Lipinski definition) is 2. The minimum Gasteiger partial charge on any atom is -0.543 e. The molecule has 35 heavy (non-hydrogen) atoms. The number of nitrogens with one attached hydrogen (secondary N) is 1. The second kappa shape index (κ2) is 11.7. The average molecular weight is 543 g/mol. The maximum Gasteiger partial charge on any atom is 1.00 e. The first kappa shape index (κ1) is 27.4. The van der Waals surface area contributed by atoms with Crippen molar-refractivity contribution < 1.29 is 53.9 Å². The maximum atomic E-state index is 12.9. The van der Waals surface area contributed by atoms with Crippen molar-refractivity contribution in [3.8, 4) is 0 Å². The molecule has 15 heteroatoms. The van der Waals surface area contributed by atoms with Crippen LogP contribution in [0.1, 0.15) is 23.2 Å². The number of allylic oxidation sites excluding steroid dienone is 1. The Hall–Kier alpha value is -2.23. The number of thioether (sulfide) groups is 1. The number of aliphatic carboxylic acids is 1. The normalized spacial score (nSPS) is 19.8. The number of aromatic nitrogens is 2. The number of nitrogens with two attached hydrogens (primary N) is 1. The molecular weight excluding hydrogens is 523 g/mol. The fourth-order valence-corrected chi connectivity index (χ4v) is 5.91. The topological polar surface area (TPSA) is 163 Å². The number of oxime groups is 1. The third kappa shape index (κ3) is 5.62. The van der Waals surface area contributed by atoms with Gasteiger partial charge in [-0.25, -0.2) is 9.97 Å². The summed E-state index contributed by atoms with van der Waals surface area (Å²) in [5.74, 6) is -2.37. The first-order valence-corrected chi connectivity index (χ1v) is 12.8. The van der Waals surface area contributed by atoms with Gasteiger partial charge in [0.25, 0.3) is 11.8 Å². The van der Waals surface area contributed by atoms with Gasteiger partial charge in [0.2, 0.25) is 0 Å². The molecule has 4 heterocycles. The molecule has 2 aromatic rings. The van der Waals surface area contributed by atoms with Crippen LogP contribution in [0.25, 0.3) is 6.08 Å². The summed E-state index contributed by atoms with van der Waals surface area (Å²) in [5.41, 5.74) is 8.52. The molecule has 0 aliphatic carbocycles. The molecule has 0 aromatic carbocycles. The van der Waals surface area contributed by atoms with Gasteiger partial charge in [0, 0.05) is 16.0 Å². The number of carboxylic acids is 1. The van der Waals surface area contributed by atoms with E-state index in [0.717, 1.165) is 26.8 Å². The third-order valence-electron chi connectivity index (χ3n) is 4.96. The van der Waals surface area contributed by atoms with Crippen LogP contribution in [0.3, 0.4) is 0 Å². The van der Waals surface area contributed by atoms with E-state index in [-0.39, 0.29) is 58.4 Å². The van der Waals surface area contributed by atoms with Crippen LogP contribution in [0, 0.1) is 6.92 Å². The zero-order valence-electron chi connectivity index (χ0n) is 19.0. The summed E-state index contributed by atoms with van der Waals surface area (Å²) < 4.78 is 0. The number of carbonyl (C=O) groups is 3. The van der Waals surface area contributed by atoms with E-state index >= 15 is 0 Å². The van der Waals surface area contributed by atoms with E-state index in [1.165, 1.54) is 23.1 Å². The second-order valence-electron chi connectivity index (χ2n) is 7.09. The van der Waals surface area contributed by atoms with Gasteiger partial charge in [0.1, 0.15) is 23.7 Å². The Bertz CT molecular complexity index is 1240. The number of aryl methyl sites for hydroxylation is 1. The Kier molecular flexibility index (Phi) is 9.12. The molecule has 1 fully saturated rings. The summed E-state index contributed by atoms with van der Waals surface area (Å²) in [7, 11) is 0. The summed E-state index contributed by atoms with van der Waals surface area (Å²) in [6.07, 6.45) is 3.43. The second-order valence-corrected chi connectivity index (χ2v) is 9.97. The number of carboxylic acid groups (broad SMARTS) is 1. The molecule has 3 N–H and O–H groups in total. The predicted octanol–water partition coefficient (Wildman–Crippen LogP) is -2.65. The molecule has 0 radical (unpaired) electrons. The molecule has 2 aromatic heterocycles. The summed E-state index contributed by atoms with van der Waals surface area (Å²) in [4.78, 5) is 53.0. The summed E-state index contributed by atoms with van der Waals surface area (Å²) in [6, 6.07) is -0.941. The van der Waals surface area contributed by atoms with Crippen LogP contribution in [0.2, 0.25) is 0 Å². The SMILES string of the molecule is CCON=C(C(=O)NC1C(=O)N2C(C(=O)[O-])=C(C=Cc3scnc3C)CS[C@H]12)c1csc(N)n1.[Na+]. The maximum absolute atomic E-state index is 12.9. The van der Waals surface area contributed by atoms with Gasteiger partial charge in [0.05, 0.1) is 22.9 Å². The van der Waals surface area contributed by atoms with Gasteiger partial charge in [-0.3, -0.25) is 14.5 Å². The zero-order chi connectivity index (χ0) is 24.4. The fraction of sp³-hybridized carbons (Fsp3) is 0.300. The van der Waals surface area contributed by atoms with Gasteiger partial charge < -0.3 is 25.8 Å². The molecule has 1 saturated heterocycles. The third-order valence-corrected chi connectivity index (χ3v) is 7.83.